The molecule has 1 saturated heterocycles. The van der Waals surface area contributed by atoms with Gasteiger partial charge in [-0.1, -0.05) is 11.6 Å². The fraction of sp³-hybridized carbons (Fsp3) is 0.824. The Bertz CT molecular complexity index is 363. The highest BCUT2D eigenvalue weighted by Crippen LogP contribution is 2.19. The van der Waals surface area contributed by atoms with Crippen LogP contribution in [0.1, 0.15) is 32.1 Å². The quantitative estimate of drug-likeness (QED) is 0.686. The van der Waals surface area contributed by atoms with Crippen LogP contribution in [0.4, 0.5) is 0 Å². The molecule has 0 bridgehead atoms. The summed E-state index contributed by atoms with van der Waals surface area (Å²) in [5.41, 5.74) is 1.53. The Morgan fingerprint density at radius 2 is 2.00 bits per heavy atom. The monoisotopic (exact) mass is 309 g/mol. The van der Waals surface area contributed by atoms with Gasteiger partial charge in [-0.05, 0) is 32.1 Å². The van der Waals surface area contributed by atoms with Crippen LogP contribution >= 0.6 is 0 Å². The first-order valence-corrected chi connectivity index (χ1v) is 8.66. The van der Waals surface area contributed by atoms with Crippen molar-refractivity contribution in [3.8, 4) is 0 Å². The van der Waals surface area contributed by atoms with Crippen molar-refractivity contribution in [1.29, 1.82) is 0 Å². The minimum atomic E-state index is 0.168. The lowest BCUT2D eigenvalue weighted by Gasteiger charge is -2.34. The average Bonchev–Trinajstić information content (AvgIpc) is 2.55. The molecule has 22 heavy (non-hydrogen) atoms. The van der Waals surface area contributed by atoms with E-state index in [1.165, 1.54) is 31.3 Å². The molecule has 1 heterocycles. The second-order valence-corrected chi connectivity index (χ2v) is 6.32. The van der Waals surface area contributed by atoms with Gasteiger partial charge in [0.15, 0.2) is 0 Å². The summed E-state index contributed by atoms with van der Waals surface area (Å²) in [5.74, 6) is 0.168. The van der Waals surface area contributed by atoms with Gasteiger partial charge in [-0.3, -0.25) is 14.6 Å². The topological polar surface area (TPSA) is 44.8 Å². The normalized spacial score (nSPS) is 20.7. The van der Waals surface area contributed by atoms with Crippen molar-refractivity contribution < 1.29 is 9.53 Å². The van der Waals surface area contributed by atoms with E-state index in [-0.39, 0.29) is 5.91 Å². The Kier molecular flexibility index (Phi) is 7.91. The van der Waals surface area contributed by atoms with E-state index in [0.717, 1.165) is 52.3 Å². The Morgan fingerprint density at radius 1 is 1.23 bits per heavy atom. The van der Waals surface area contributed by atoms with E-state index in [2.05, 4.69) is 21.2 Å². The van der Waals surface area contributed by atoms with Crippen LogP contribution in [0.15, 0.2) is 11.6 Å². The van der Waals surface area contributed by atoms with Gasteiger partial charge < -0.3 is 10.1 Å². The minimum Gasteiger partial charge on any atom is -0.383 e. The molecule has 2 aliphatic rings. The molecule has 0 aromatic rings. The number of nitrogens with zero attached hydrogens (tertiary/aromatic N) is 2. The Morgan fingerprint density at radius 3 is 2.68 bits per heavy atom. The number of ether oxygens (including phenoxy) is 1. The molecule has 0 atom stereocenters. The Balaban J connectivity index is 1.55. The first-order valence-electron chi connectivity index (χ1n) is 8.66. The van der Waals surface area contributed by atoms with Crippen molar-refractivity contribution in [2.24, 2.45) is 0 Å². The predicted molar refractivity (Wildman–Crippen MR) is 88.9 cm³/mol. The minimum absolute atomic E-state index is 0.168. The number of carbonyl (C=O) groups is 1. The standard InChI is InChI=1S/C17H31N3O2/c1-22-14-13-19-9-11-20(12-10-19)15-17(21)18-8-7-16-5-3-2-4-6-16/h5H,2-4,6-15H2,1H3,(H,18,21). The van der Waals surface area contributed by atoms with Gasteiger partial charge >= 0.3 is 0 Å². The van der Waals surface area contributed by atoms with Crippen LogP contribution in [0.25, 0.3) is 0 Å². The number of piperazine rings is 1. The third kappa shape index (κ3) is 6.46. The number of amides is 1. The Labute approximate surface area is 134 Å². The highest BCUT2D eigenvalue weighted by atomic mass is 16.5. The van der Waals surface area contributed by atoms with Crippen molar-refractivity contribution in [2.75, 3.05) is 59.5 Å². The first kappa shape index (κ1) is 17.4. The third-order valence-corrected chi connectivity index (χ3v) is 4.60. The average molecular weight is 309 g/mol. The molecule has 5 nitrogen and oxygen atoms in total. The zero-order valence-corrected chi connectivity index (χ0v) is 14.0. The predicted octanol–water partition coefficient (Wildman–Crippen LogP) is 1.26. The largest absolute Gasteiger partial charge is 0.383 e. The summed E-state index contributed by atoms with van der Waals surface area (Å²) in [5, 5.41) is 3.07. The second-order valence-electron chi connectivity index (χ2n) is 6.32. The zero-order chi connectivity index (χ0) is 15.6. The molecule has 1 fully saturated rings. The van der Waals surface area contributed by atoms with Crippen LogP contribution in [0.5, 0.6) is 0 Å². The Hall–Kier alpha value is -0.910. The van der Waals surface area contributed by atoms with Crippen molar-refractivity contribution in [3.05, 3.63) is 11.6 Å². The highest BCUT2D eigenvalue weighted by Gasteiger charge is 2.18. The maximum atomic E-state index is 12.0. The molecule has 0 saturated carbocycles. The fourth-order valence-electron chi connectivity index (χ4n) is 3.14. The summed E-state index contributed by atoms with van der Waals surface area (Å²) in [6.45, 7) is 7.12. The SMILES string of the molecule is COCCN1CCN(CC(=O)NCCC2=CCCCC2)CC1. The van der Waals surface area contributed by atoms with Crippen molar-refractivity contribution >= 4 is 5.91 Å². The van der Waals surface area contributed by atoms with Crippen LogP contribution in [0.3, 0.4) is 0 Å². The van der Waals surface area contributed by atoms with Crippen LogP contribution in [-0.4, -0.2) is 75.2 Å². The van der Waals surface area contributed by atoms with Gasteiger partial charge in [0.1, 0.15) is 0 Å². The molecule has 1 amide bonds. The summed E-state index contributed by atoms with van der Waals surface area (Å²) in [6.07, 6.45) is 8.46. The lowest BCUT2D eigenvalue weighted by Crippen LogP contribution is -2.50. The zero-order valence-electron chi connectivity index (χ0n) is 14.0. The number of carbonyl (C=O) groups excluding carboxylic acids is 1. The molecule has 5 heteroatoms. The molecule has 1 aliphatic heterocycles. The molecule has 1 N–H and O–H groups in total. The summed E-state index contributed by atoms with van der Waals surface area (Å²) in [7, 11) is 1.74. The van der Waals surface area contributed by atoms with Gasteiger partial charge in [0.2, 0.25) is 5.91 Å². The molecule has 2 rings (SSSR count). The number of nitrogens with one attached hydrogen (secondary N) is 1. The maximum Gasteiger partial charge on any atom is 0.234 e. The summed E-state index contributed by atoms with van der Waals surface area (Å²) < 4.78 is 5.11. The van der Waals surface area contributed by atoms with Gasteiger partial charge in [-0.2, -0.15) is 0 Å². The van der Waals surface area contributed by atoms with Crippen molar-refractivity contribution in [2.45, 2.75) is 32.1 Å². The third-order valence-electron chi connectivity index (χ3n) is 4.60. The fourth-order valence-corrected chi connectivity index (χ4v) is 3.14. The number of hydrogen-bond acceptors (Lipinski definition) is 4. The van der Waals surface area contributed by atoms with Crippen LogP contribution in [0.2, 0.25) is 0 Å². The summed E-state index contributed by atoms with van der Waals surface area (Å²) in [6, 6.07) is 0. The number of methoxy groups -OCH3 is 1. The van der Waals surface area contributed by atoms with E-state index in [0.29, 0.717) is 6.54 Å². The molecule has 0 spiro atoms. The lowest BCUT2D eigenvalue weighted by atomic mass is 9.97. The van der Waals surface area contributed by atoms with E-state index >= 15 is 0 Å². The summed E-state index contributed by atoms with van der Waals surface area (Å²) >= 11 is 0. The molecular weight excluding hydrogens is 278 g/mol. The van der Waals surface area contributed by atoms with E-state index in [9.17, 15) is 4.79 Å². The second kappa shape index (κ2) is 9.98. The number of rotatable bonds is 8. The van der Waals surface area contributed by atoms with Gasteiger partial charge in [-0.25, -0.2) is 0 Å². The van der Waals surface area contributed by atoms with Crippen molar-refractivity contribution in [3.63, 3.8) is 0 Å². The highest BCUT2D eigenvalue weighted by molar-refractivity contribution is 5.78. The summed E-state index contributed by atoms with van der Waals surface area (Å²) in [4.78, 5) is 16.6. The number of hydrogen-bond donors (Lipinski definition) is 1. The van der Waals surface area contributed by atoms with E-state index in [1.807, 2.05) is 0 Å². The van der Waals surface area contributed by atoms with E-state index < -0.39 is 0 Å². The molecule has 126 valence electrons. The van der Waals surface area contributed by atoms with Gasteiger partial charge in [-0.15, -0.1) is 0 Å². The maximum absolute atomic E-state index is 12.0. The van der Waals surface area contributed by atoms with Crippen LogP contribution < -0.4 is 5.32 Å². The van der Waals surface area contributed by atoms with E-state index in [1.54, 1.807) is 7.11 Å². The lowest BCUT2D eigenvalue weighted by molar-refractivity contribution is -0.122. The van der Waals surface area contributed by atoms with Crippen LogP contribution in [0, 0.1) is 0 Å². The molecule has 0 unspecified atom stereocenters. The molecule has 0 aromatic carbocycles. The van der Waals surface area contributed by atoms with Gasteiger partial charge in [0.25, 0.3) is 0 Å². The van der Waals surface area contributed by atoms with Crippen molar-refractivity contribution in [1.82, 2.24) is 15.1 Å². The van der Waals surface area contributed by atoms with Crippen LogP contribution in [-0.2, 0) is 9.53 Å². The van der Waals surface area contributed by atoms with Gasteiger partial charge in [0.05, 0.1) is 13.2 Å². The van der Waals surface area contributed by atoms with Gasteiger partial charge in [0, 0.05) is 46.4 Å². The first-order chi connectivity index (χ1) is 10.8. The molecule has 0 radical (unpaired) electrons. The molecule has 1 aliphatic carbocycles. The molecule has 0 aromatic heterocycles. The molecular formula is C17H31N3O2. The number of allylic oxidation sites excluding steroid dienone is 1. The smallest absolute Gasteiger partial charge is 0.234 e. The van der Waals surface area contributed by atoms with E-state index in [4.69, 9.17) is 4.74 Å².